The number of nitro groups is 2. The van der Waals surface area contributed by atoms with E-state index in [4.69, 9.17) is 18.9 Å². The number of nitrogens with zero attached hydrogens (tertiary/aromatic N) is 3. The van der Waals surface area contributed by atoms with Gasteiger partial charge in [0.2, 0.25) is 5.75 Å². The molecule has 0 N–H and O–H groups in total. The van der Waals surface area contributed by atoms with Gasteiger partial charge in [-0.2, -0.15) is 0 Å². The van der Waals surface area contributed by atoms with Crippen molar-refractivity contribution in [2.24, 2.45) is 0 Å². The molecule has 1 fully saturated rings. The summed E-state index contributed by atoms with van der Waals surface area (Å²) in [4.78, 5) is 47.5. The van der Waals surface area contributed by atoms with Crippen LogP contribution < -0.4 is 18.9 Å². The van der Waals surface area contributed by atoms with E-state index in [0.717, 1.165) is 34.9 Å². The highest BCUT2D eigenvalue weighted by atomic mass is 32.2. The summed E-state index contributed by atoms with van der Waals surface area (Å²) in [5.74, 6) is 0.573. The first kappa shape index (κ1) is 27.9. The molecular formula is C26H21N3O10S. The van der Waals surface area contributed by atoms with E-state index in [1.165, 1.54) is 32.4 Å². The maximum Gasteiger partial charge on any atom is 0.318 e. The quantitative estimate of drug-likeness (QED) is 0.165. The number of rotatable bonds is 11. The van der Waals surface area contributed by atoms with Gasteiger partial charge < -0.3 is 18.9 Å². The molecule has 0 aliphatic carbocycles. The topological polar surface area (TPSA) is 161 Å². The van der Waals surface area contributed by atoms with E-state index in [0.29, 0.717) is 17.1 Å². The van der Waals surface area contributed by atoms with E-state index in [1.54, 1.807) is 30.3 Å². The monoisotopic (exact) mass is 567 g/mol. The molecule has 0 bridgehead atoms. The van der Waals surface area contributed by atoms with E-state index in [2.05, 4.69) is 0 Å². The Labute approximate surface area is 231 Å². The number of para-hydroxylation sites is 2. The van der Waals surface area contributed by atoms with Crippen LogP contribution in [0.25, 0.3) is 6.08 Å². The van der Waals surface area contributed by atoms with E-state index in [9.17, 15) is 29.8 Å². The van der Waals surface area contributed by atoms with Crippen molar-refractivity contribution in [3.63, 3.8) is 0 Å². The summed E-state index contributed by atoms with van der Waals surface area (Å²) in [6.45, 7) is 0.102. The fourth-order valence-electron chi connectivity index (χ4n) is 3.65. The number of nitro benzene ring substituents is 2. The summed E-state index contributed by atoms with van der Waals surface area (Å²) in [7, 11) is 2.86. The first-order valence-electron chi connectivity index (χ1n) is 11.5. The number of methoxy groups -OCH3 is 2. The summed E-state index contributed by atoms with van der Waals surface area (Å²) in [6.07, 6.45) is 1.51. The highest BCUT2D eigenvalue weighted by Crippen LogP contribution is 2.39. The molecule has 1 saturated heterocycles. The van der Waals surface area contributed by atoms with Gasteiger partial charge in [0.25, 0.3) is 16.8 Å². The average molecular weight is 568 g/mol. The highest BCUT2D eigenvalue weighted by molar-refractivity contribution is 8.18. The van der Waals surface area contributed by atoms with Crippen molar-refractivity contribution >= 4 is 40.4 Å². The zero-order chi connectivity index (χ0) is 28.8. The van der Waals surface area contributed by atoms with Gasteiger partial charge in [-0.1, -0.05) is 18.2 Å². The summed E-state index contributed by atoms with van der Waals surface area (Å²) in [5.41, 5.74) is -0.552. The smallest absolute Gasteiger partial charge is 0.318 e. The SMILES string of the molecule is COc1ccccc1OCCN1C(=O)S/C(=C\c2ccc(Oc3ccc([N+](=O)[O-])cc3[N+](=O)[O-])c(OC)c2)C1=O. The molecule has 0 saturated carbocycles. The number of ether oxygens (including phenoxy) is 4. The van der Waals surface area contributed by atoms with E-state index in [1.807, 2.05) is 0 Å². The molecular weight excluding hydrogens is 546 g/mol. The maximum atomic E-state index is 12.9. The van der Waals surface area contributed by atoms with Crippen LogP contribution in [-0.2, 0) is 4.79 Å². The summed E-state index contributed by atoms with van der Waals surface area (Å²) >= 11 is 0.776. The molecule has 0 unspecified atom stereocenters. The minimum Gasteiger partial charge on any atom is -0.493 e. The number of imide groups is 1. The normalized spacial score (nSPS) is 13.8. The van der Waals surface area contributed by atoms with Crippen molar-refractivity contribution < 1.29 is 38.4 Å². The standard InChI is InChI=1S/C26H21N3O10S/c1-36-20-5-3-4-6-21(20)38-12-11-27-25(30)24(40-26(27)31)14-16-7-9-22(23(13-16)37-2)39-19-10-8-17(28(32)33)15-18(19)29(34)35/h3-10,13-15H,11-12H2,1-2H3/b24-14-. The maximum absolute atomic E-state index is 12.9. The Hall–Kier alpha value is -5.11. The van der Waals surface area contributed by atoms with Crippen LogP contribution >= 0.6 is 11.8 Å². The lowest BCUT2D eigenvalue weighted by molar-refractivity contribution is -0.394. The van der Waals surface area contributed by atoms with Gasteiger partial charge in [-0.25, -0.2) is 0 Å². The van der Waals surface area contributed by atoms with Crippen molar-refractivity contribution in [3.8, 4) is 28.7 Å². The van der Waals surface area contributed by atoms with E-state index >= 15 is 0 Å². The molecule has 1 aliphatic heterocycles. The van der Waals surface area contributed by atoms with Crippen LogP contribution in [0.5, 0.6) is 28.7 Å². The number of amides is 2. The number of benzene rings is 3. The van der Waals surface area contributed by atoms with Gasteiger partial charge in [0.1, 0.15) is 6.61 Å². The molecule has 0 aromatic heterocycles. The van der Waals surface area contributed by atoms with Crippen molar-refractivity contribution in [2.75, 3.05) is 27.4 Å². The number of carbonyl (C=O) groups excluding carboxylic acids is 2. The van der Waals surface area contributed by atoms with Gasteiger partial charge in [0, 0.05) is 6.07 Å². The Morgan fingerprint density at radius 2 is 1.55 bits per heavy atom. The molecule has 14 heteroatoms. The molecule has 0 radical (unpaired) electrons. The third-order valence-corrected chi connectivity index (χ3v) is 6.48. The minimum atomic E-state index is -0.791. The van der Waals surface area contributed by atoms with Crippen LogP contribution in [-0.4, -0.2) is 53.3 Å². The molecule has 3 aromatic carbocycles. The van der Waals surface area contributed by atoms with E-state index in [-0.39, 0.29) is 35.3 Å². The van der Waals surface area contributed by atoms with E-state index < -0.39 is 32.4 Å². The molecule has 0 spiro atoms. The fourth-order valence-corrected chi connectivity index (χ4v) is 4.52. The van der Waals surface area contributed by atoms with Gasteiger partial charge in [-0.05, 0) is 53.7 Å². The second-order valence-corrected chi connectivity index (χ2v) is 9.00. The van der Waals surface area contributed by atoms with Crippen molar-refractivity contribution in [1.29, 1.82) is 0 Å². The molecule has 1 aliphatic rings. The van der Waals surface area contributed by atoms with Crippen LogP contribution in [0.4, 0.5) is 16.2 Å². The Kier molecular flexibility index (Phi) is 8.49. The lowest BCUT2D eigenvalue weighted by Crippen LogP contribution is -2.32. The molecule has 206 valence electrons. The summed E-state index contributed by atoms with van der Waals surface area (Å²) < 4.78 is 21.9. The number of hydrogen-bond acceptors (Lipinski definition) is 11. The zero-order valence-electron chi connectivity index (χ0n) is 21.1. The molecule has 13 nitrogen and oxygen atoms in total. The van der Waals surface area contributed by atoms with Gasteiger partial charge in [-0.15, -0.1) is 0 Å². The highest BCUT2D eigenvalue weighted by Gasteiger charge is 2.35. The van der Waals surface area contributed by atoms with Gasteiger partial charge in [0.15, 0.2) is 23.0 Å². The fraction of sp³-hybridized carbons (Fsp3) is 0.154. The predicted octanol–water partition coefficient (Wildman–Crippen LogP) is 5.43. The predicted molar refractivity (Wildman–Crippen MR) is 144 cm³/mol. The Bertz CT molecular complexity index is 1520. The number of thioether (sulfide) groups is 1. The Morgan fingerprint density at radius 1 is 0.850 bits per heavy atom. The third kappa shape index (κ3) is 6.13. The van der Waals surface area contributed by atoms with Crippen LogP contribution in [0.3, 0.4) is 0 Å². The van der Waals surface area contributed by atoms with Crippen LogP contribution in [0.1, 0.15) is 5.56 Å². The zero-order valence-corrected chi connectivity index (χ0v) is 21.9. The average Bonchev–Trinajstić information content (AvgIpc) is 3.21. The Morgan fingerprint density at radius 3 is 2.23 bits per heavy atom. The Balaban J connectivity index is 1.48. The third-order valence-electron chi connectivity index (χ3n) is 5.57. The molecule has 3 aromatic rings. The first-order valence-corrected chi connectivity index (χ1v) is 12.3. The van der Waals surface area contributed by atoms with Crippen LogP contribution in [0, 0.1) is 20.2 Å². The minimum absolute atomic E-state index is 0.0319. The largest absolute Gasteiger partial charge is 0.493 e. The summed E-state index contributed by atoms with van der Waals surface area (Å²) in [5, 5.41) is 22.0. The van der Waals surface area contributed by atoms with Gasteiger partial charge in [-0.3, -0.25) is 34.7 Å². The summed E-state index contributed by atoms with van der Waals surface area (Å²) in [6, 6.07) is 14.6. The molecule has 40 heavy (non-hydrogen) atoms. The van der Waals surface area contributed by atoms with Gasteiger partial charge >= 0.3 is 5.69 Å². The number of hydrogen-bond donors (Lipinski definition) is 0. The number of carbonyl (C=O) groups is 2. The van der Waals surface area contributed by atoms with Crippen LogP contribution in [0.15, 0.2) is 65.6 Å². The second-order valence-electron chi connectivity index (χ2n) is 8.01. The molecule has 0 atom stereocenters. The lowest BCUT2D eigenvalue weighted by atomic mass is 10.1. The first-order chi connectivity index (χ1) is 19.2. The van der Waals surface area contributed by atoms with Crippen LogP contribution in [0.2, 0.25) is 0 Å². The molecule has 2 amide bonds. The molecule has 1 heterocycles. The number of non-ortho nitro benzene ring substituents is 1. The second kappa shape index (κ2) is 12.2. The van der Waals surface area contributed by atoms with Crippen molar-refractivity contribution in [1.82, 2.24) is 4.90 Å². The molecule has 4 rings (SSSR count). The van der Waals surface area contributed by atoms with Gasteiger partial charge in [0.05, 0.1) is 41.6 Å². The van der Waals surface area contributed by atoms with Crippen molar-refractivity contribution in [2.45, 2.75) is 0 Å². The lowest BCUT2D eigenvalue weighted by Gasteiger charge is -2.14. The van der Waals surface area contributed by atoms with Crippen molar-refractivity contribution in [3.05, 3.63) is 91.4 Å².